The van der Waals surface area contributed by atoms with Crippen molar-refractivity contribution < 1.29 is 8.42 Å². The molecule has 0 bridgehead atoms. The summed E-state index contributed by atoms with van der Waals surface area (Å²) in [6.07, 6.45) is 0.389. The quantitative estimate of drug-likeness (QED) is 0.805. The van der Waals surface area contributed by atoms with Gasteiger partial charge in [-0.05, 0) is 12.5 Å². The van der Waals surface area contributed by atoms with Crippen molar-refractivity contribution >= 4 is 27.2 Å². The maximum Gasteiger partial charge on any atom is 0.218 e. The number of nitrogens with two attached hydrogens (primary N) is 1. The number of hydrogen-bond acceptors (Lipinski definition) is 3. The Labute approximate surface area is 114 Å². The number of hydrogen-bond donors (Lipinski definition) is 1. The van der Waals surface area contributed by atoms with Crippen LogP contribution in [0.1, 0.15) is 18.9 Å². The van der Waals surface area contributed by atoms with E-state index in [1.54, 1.807) is 26.1 Å². The number of thiocarbonyl (C=S) groups is 1. The van der Waals surface area contributed by atoms with Gasteiger partial charge in [-0.2, -0.15) is 0 Å². The predicted octanol–water partition coefficient (Wildman–Crippen LogP) is 1.51. The van der Waals surface area contributed by atoms with Crippen LogP contribution in [0.25, 0.3) is 0 Å². The van der Waals surface area contributed by atoms with Crippen molar-refractivity contribution in [2.45, 2.75) is 25.1 Å². The minimum atomic E-state index is -3.34. The lowest BCUT2D eigenvalue weighted by Crippen LogP contribution is -2.38. The summed E-state index contributed by atoms with van der Waals surface area (Å²) >= 11 is 4.80. The topological polar surface area (TPSA) is 63.4 Å². The van der Waals surface area contributed by atoms with E-state index < -0.39 is 10.0 Å². The molecule has 1 unspecified atom stereocenters. The minimum absolute atomic E-state index is 0.00792. The standard InChI is InChI=1S/C12H18N2O2S2/c1-10(8-12(13)17)14(2)18(15,16)9-11-6-4-3-5-7-11/h3-7,10H,8-9H2,1-2H3,(H2,13,17). The Hall–Kier alpha value is -0.980. The van der Waals surface area contributed by atoms with Crippen molar-refractivity contribution in [3.05, 3.63) is 35.9 Å². The third kappa shape index (κ3) is 4.36. The summed E-state index contributed by atoms with van der Waals surface area (Å²) in [6, 6.07) is 8.87. The highest BCUT2D eigenvalue weighted by Gasteiger charge is 2.23. The van der Waals surface area contributed by atoms with Gasteiger partial charge in [0.25, 0.3) is 0 Å². The molecule has 0 saturated heterocycles. The van der Waals surface area contributed by atoms with Crippen molar-refractivity contribution in [1.29, 1.82) is 0 Å². The maximum absolute atomic E-state index is 12.2. The molecule has 1 aromatic carbocycles. The summed E-state index contributed by atoms with van der Waals surface area (Å²) in [5.41, 5.74) is 6.21. The number of sulfonamides is 1. The van der Waals surface area contributed by atoms with Crippen LogP contribution in [0, 0.1) is 0 Å². The molecule has 0 aromatic heterocycles. The molecule has 2 N–H and O–H groups in total. The molecule has 4 nitrogen and oxygen atoms in total. The molecule has 0 amide bonds. The number of rotatable bonds is 6. The normalized spacial score (nSPS) is 13.5. The molecule has 6 heteroatoms. The summed E-state index contributed by atoms with van der Waals surface area (Å²) in [5, 5.41) is 0. The Bertz CT molecular complexity index is 500. The molecule has 0 aliphatic heterocycles. The van der Waals surface area contributed by atoms with Crippen LogP contribution in [0.4, 0.5) is 0 Å². The van der Waals surface area contributed by atoms with E-state index in [1.165, 1.54) is 4.31 Å². The van der Waals surface area contributed by atoms with Gasteiger partial charge in [-0.15, -0.1) is 0 Å². The van der Waals surface area contributed by atoms with Gasteiger partial charge in [-0.1, -0.05) is 42.5 Å². The first-order valence-corrected chi connectivity index (χ1v) is 7.62. The molecule has 0 aliphatic carbocycles. The molecule has 1 aromatic rings. The zero-order valence-corrected chi connectivity index (χ0v) is 12.2. The Kier molecular flexibility index (Phi) is 5.25. The third-order valence-electron chi connectivity index (χ3n) is 2.75. The average Bonchev–Trinajstić information content (AvgIpc) is 2.27. The number of benzene rings is 1. The Morgan fingerprint density at radius 3 is 2.44 bits per heavy atom. The molecule has 0 heterocycles. The molecule has 100 valence electrons. The van der Waals surface area contributed by atoms with Gasteiger partial charge in [0.15, 0.2) is 0 Å². The molecular weight excluding hydrogens is 268 g/mol. The van der Waals surface area contributed by atoms with Crippen LogP contribution in [-0.2, 0) is 15.8 Å². The lowest BCUT2D eigenvalue weighted by molar-refractivity contribution is 0.396. The van der Waals surface area contributed by atoms with Gasteiger partial charge in [-0.25, -0.2) is 12.7 Å². The van der Waals surface area contributed by atoms with E-state index in [0.29, 0.717) is 11.4 Å². The molecule has 1 atom stereocenters. The van der Waals surface area contributed by atoms with Crippen molar-refractivity contribution in [3.8, 4) is 0 Å². The second kappa shape index (κ2) is 6.26. The Balaban J connectivity index is 2.77. The highest BCUT2D eigenvalue weighted by Crippen LogP contribution is 2.13. The van der Waals surface area contributed by atoms with Gasteiger partial charge in [0.05, 0.1) is 10.7 Å². The van der Waals surface area contributed by atoms with E-state index in [4.69, 9.17) is 18.0 Å². The lowest BCUT2D eigenvalue weighted by atomic mass is 10.2. The molecule has 1 rings (SSSR count). The summed E-state index contributed by atoms with van der Waals surface area (Å²) in [7, 11) is -1.78. The average molecular weight is 286 g/mol. The van der Waals surface area contributed by atoms with Crippen molar-refractivity contribution in [2.75, 3.05) is 7.05 Å². The zero-order valence-electron chi connectivity index (χ0n) is 10.5. The van der Waals surface area contributed by atoms with E-state index in [2.05, 4.69) is 0 Å². The summed E-state index contributed by atoms with van der Waals surface area (Å²) in [6.45, 7) is 1.79. The molecular formula is C12H18N2O2S2. The van der Waals surface area contributed by atoms with Gasteiger partial charge in [0.1, 0.15) is 0 Å². The summed E-state index contributed by atoms with van der Waals surface area (Å²) in [5.74, 6) is -0.00792. The predicted molar refractivity (Wildman–Crippen MR) is 77.7 cm³/mol. The SMILES string of the molecule is CC(CC(N)=S)N(C)S(=O)(=O)Cc1ccccc1. The van der Waals surface area contributed by atoms with E-state index >= 15 is 0 Å². The van der Waals surface area contributed by atoms with E-state index in [1.807, 2.05) is 18.2 Å². The van der Waals surface area contributed by atoms with Gasteiger partial charge >= 0.3 is 0 Å². The monoisotopic (exact) mass is 286 g/mol. The number of nitrogens with zero attached hydrogens (tertiary/aromatic N) is 1. The van der Waals surface area contributed by atoms with Gasteiger partial charge in [-0.3, -0.25) is 0 Å². The van der Waals surface area contributed by atoms with Crippen molar-refractivity contribution in [2.24, 2.45) is 5.73 Å². The molecule has 18 heavy (non-hydrogen) atoms. The van der Waals surface area contributed by atoms with Gasteiger partial charge in [0, 0.05) is 19.5 Å². The first-order chi connectivity index (χ1) is 8.33. The lowest BCUT2D eigenvalue weighted by Gasteiger charge is -2.23. The van der Waals surface area contributed by atoms with Crippen LogP contribution in [0.15, 0.2) is 30.3 Å². The second-order valence-electron chi connectivity index (χ2n) is 4.28. The van der Waals surface area contributed by atoms with Crippen LogP contribution in [0.3, 0.4) is 0 Å². The van der Waals surface area contributed by atoms with Crippen molar-refractivity contribution in [3.63, 3.8) is 0 Å². The first kappa shape index (κ1) is 15.1. The van der Waals surface area contributed by atoms with Crippen LogP contribution in [-0.4, -0.2) is 30.8 Å². The minimum Gasteiger partial charge on any atom is -0.393 e. The van der Waals surface area contributed by atoms with Crippen LogP contribution in [0.2, 0.25) is 0 Å². The molecule has 0 spiro atoms. The van der Waals surface area contributed by atoms with Gasteiger partial charge in [0.2, 0.25) is 10.0 Å². The van der Waals surface area contributed by atoms with Gasteiger partial charge < -0.3 is 5.73 Å². The Morgan fingerprint density at radius 2 is 1.94 bits per heavy atom. The van der Waals surface area contributed by atoms with E-state index in [0.717, 1.165) is 5.56 Å². The first-order valence-electron chi connectivity index (χ1n) is 5.61. The fourth-order valence-electron chi connectivity index (χ4n) is 1.58. The molecule has 0 fully saturated rings. The van der Waals surface area contributed by atoms with E-state index in [9.17, 15) is 8.42 Å². The smallest absolute Gasteiger partial charge is 0.218 e. The summed E-state index contributed by atoms with van der Waals surface area (Å²) in [4.78, 5) is 0.323. The van der Waals surface area contributed by atoms with Crippen molar-refractivity contribution in [1.82, 2.24) is 4.31 Å². The second-order valence-corrected chi connectivity index (χ2v) is 6.83. The summed E-state index contributed by atoms with van der Waals surface area (Å²) < 4.78 is 25.7. The van der Waals surface area contributed by atoms with Crippen LogP contribution in [0.5, 0.6) is 0 Å². The fourth-order valence-corrected chi connectivity index (χ4v) is 3.26. The Morgan fingerprint density at radius 1 is 1.39 bits per heavy atom. The molecule has 0 aliphatic rings. The largest absolute Gasteiger partial charge is 0.393 e. The highest BCUT2D eigenvalue weighted by molar-refractivity contribution is 7.88. The maximum atomic E-state index is 12.2. The fraction of sp³-hybridized carbons (Fsp3) is 0.417. The molecule has 0 saturated carbocycles. The van der Waals surface area contributed by atoms with Crippen LogP contribution >= 0.6 is 12.2 Å². The third-order valence-corrected chi connectivity index (χ3v) is 4.85. The van der Waals surface area contributed by atoms with E-state index in [-0.39, 0.29) is 11.8 Å². The van der Waals surface area contributed by atoms with Crippen LogP contribution < -0.4 is 5.73 Å². The zero-order chi connectivity index (χ0) is 13.8. The highest BCUT2D eigenvalue weighted by atomic mass is 32.2. The molecule has 0 radical (unpaired) electrons.